The largest absolute Gasteiger partial charge is 0.325 e. The van der Waals surface area contributed by atoms with Crippen LogP contribution in [0.2, 0.25) is 0 Å². The molecule has 2 aliphatic rings. The van der Waals surface area contributed by atoms with Crippen molar-refractivity contribution in [3.8, 4) is 0 Å². The predicted molar refractivity (Wildman–Crippen MR) is 130 cm³/mol. The molecule has 1 fully saturated rings. The number of nitrogens with zero attached hydrogens (tertiary/aromatic N) is 1. The number of urea groups is 1. The number of benzene rings is 3. The molecule has 0 bridgehead atoms. The van der Waals surface area contributed by atoms with E-state index in [1.54, 1.807) is 0 Å². The van der Waals surface area contributed by atoms with Gasteiger partial charge < -0.3 is 10.6 Å². The summed E-state index contributed by atoms with van der Waals surface area (Å²) >= 11 is 0. The first kappa shape index (κ1) is 21.9. The summed E-state index contributed by atoms with van der Waals surface area (Å²) < 4.78 is 0. The second kappa shape index (κ2) is 9.14. The van der Waals surface area contributed by atoms with E-state index in [1.165, 1.54) is 11.1 Å². The van der Waals surface area contributed by atoms with E-state index in [2.05, 4.69) is 10.6 Å². The zero-order valence-corrected chi connectivity index (χ0v) is 18.9. The van der Waals surface area contributed by atoms with E-state index in [0.29, 0.717) is 18.5 Å². The van der Waals surface area contributed by atoms with Gasteiger partial charge in [-0.3, -0.25) is 14.5 Å². The van der Waals surface area contributed by atoms with Crippen LogP contribution in [0, 0.1) is 0 Å². The first-order chi connectivity index (χ1) is 16.5. The van der Waals surface area contributed by atoms with Gasteiger partial charge in [0.25, 0.3) is 5.91 Å². The fourth-order valence-corrected chi connectivity index (χ4v) is 5.00. The monoisotopic (exact) mass is 453 g/mol. The highest BCUT2D eigenvalue weighted by atomic mass is 16.2. The summed E-state index contributed by atoms with van der Waals surface area (Å²) in [6.45, 7) is -0.326. The van der Waals surface area contributed by atoms with Gasteiger partial charge in [-0.2, -0.15) is 0 Å². The minimum absolute atomic E-state index is 0.326. The normalized spacial score (nSPS) is 16.3. The van der Waals surface area contributed by atoms with Gasteiger partial charge in [0.05, 0.1) is 0 Å². The number of hydrogen-bond acceptors (Lipinski definition) is 3. The van der Waals surface area contributed by atoms with Crippen molar-refractivity contribution in [2.75, 3.05) is 11.9 Å². The maximum absolute atomic E-state index is 13.7. The average molecular weight is 454 g/mol. The highest BCUT2D eigenvalue weighted by Gasteiger charge is 2.51. The molecule has 0 aromatic heterocycles. The minimum Gasteiger partial charge on any atom is -0.325 e. The quantitative estimate of drug-likeness (QED) is 0.533. The van der Waals surface area contributed by atoms with E-state index in [4.69, 9.17) is 0 Å². The fraction of sp³-hybridized carbons (Fsp3) is 0.250. The van der Waals surface area contributed by atoms with Gasteiger partial charge in [0.15, 0.2) is 0 Å². The van der Waals surface area contributed by atoms with Gasteiger partial charge in [-0.05, 0) is 53.6 Å². The van der Waals surface area contributed by atoms with Crippen molar-refractivity contribution in [2.24, 2.45) is 0 Å². The summed E-state index contributed by atoms with van der Waals surface area (Å²) in [7, 11) is 0. The summed E-state index contributed by atoms with van der Waals surface area (Å²) in [5.41, 5.74) is 4.00. The molecule has 6 nitrogen and oxygen atoms in total. The molecule has 1 aliphatic carbocycles. The van der Waals surface area contributed by atoms with Crippen LogP contribution in [0.4, 0.5) is 10.5 Å². The molecule has 3 aromatic carbocycles. The lowest BCUT2D eigenvalue weighted by Gasteiger charge is -2.27. The van der Waals surface area contributed by atoms with Crippen LogP contribution < -0.4 is 10.6 Å². The van der Waals surface area contributed by atoms with Gasteiger partial charge in [-0.1, -0.05) is 66.7 Å². The summed E-state index contributed by atoms with van der Waals surface area (Å²) in [5.74, 6) is -0.772. The zero-order valence-electron chi connectivity index (χ0n) is 18.9. The third-order valence-electron chi connectivity index (χ3n) is 6.63. The van der Waals surface area contributed by atoms with Crippen molar-refractivity contribution in [1.82, 2.24) is 10.2 Å². The van der Waals surface area contributed by atoms with Crippen LogP contribution >= 0.6 is 0 Å². The van der Waals surface area contributed by atoms with Crippen LogP contribution in [-0.4, -0.2) is 34.8 Å². The molecular weight excluding hydrogens is 426 g/mol. The third-order valence-corrected chi connectivity index (χ3v) is 6.63. The van der Waals surface area contributed by atoms with E-state index < -0.39 is 17.5 Å². The molecule has 1 heterocycles. The average Bonchev–Trinajstić information content (AvgIpc) is 3.39. The summed E-state index contributed by atoms with van der Waals surface area (Å²) in [4.78, 5) is 40.4. The number of hydrogen-bond donors (Lipinski definition) is 2. The van der Waals surface area contributed by atoms with Crippen LogP contribution in [-0.2, 0) is 35.3 Å². The van der Waals surface area contributed by atoms with Crippen LogP contribution in [0.15, 0.2) is 78.9 Å². The molecule has 4 amide bonds. The van der Waals surface area contributed by atoms with Crippen molar-refractivity contribution in [1.29, 1.82) is 0 Å². The third kappa shape index (κ3) is 4.44. The molecular formula is C28H27N3O3. The summed E-state index contributed by atoms with van der Waals surface area (Å²) in [6.07, 6.45) is 3.89. The Hall–Kier alpha value is -3.93. The Morgan fingerprint density at radius 2 is 1.47 bits per heavy atom. The Bertz CT molecular complexity index is 1180. The number of carbonyl (C=O) groups is 3. The lowest BCUT2D eigenvalue weighted by Crippen LogP contribution is -2.51. The van der Waals surface area contributed by atoms with E-state index >= 15 is 0 Å². The topological polar surface area (TPSA) is 78.5 Å². The fourth-order valence-electron chi connectivity index (χ4n) is 5.00. The van der Waals surface area contributed by atoms with Crippen molar-refractivity contribution in [3.05, 3.63) is 101 Å². The first-order valence-electron chi connectivity index (χ1n) is 11.7. The molecule has 6 heteroatoms. The zero-order chi connectivity index (χ0) is 23.5. The molecule has 0 radical (unpaired) electrons. The maximum atomic E-state index is 13.7. The van der Waals surface area contributed by atoms with E-state index in [9.17, 15) is 14.4 Å². The molecule has 5 rings (SSSR count). The summed E-state index contributed by atoms with van der Waals surface area (Å²) in [5, 5.41) is 5.78. The molecule has 0 saturated carbocycles. The Labute approximate surface area is 199 Å². The molecule has 1 aliphatic heterocycles. The molecule has 2 N–H and O–H groups in total. The van der Waals surface area contributed by atoms with Gasteiger partial charge in [0.2, 0.25) is 5.91 Å². The van der Waals surface area contributed by atoms with E-state index in [-0.39, 0.29) is 12.5 Å². The number of nitrogens with one attached hydrogen (secondary N) is 2. The second-order valence-electron chi connectivity index (χ2n) is 9.11. The molecule has 3 aromatic rings. The van der Waals surface area contributed by atoms with Crippen molar-refractivity contribution < 1.29 is 14.4 Å². The SMILES string of the molecule is O=C(CN1C(=O)NC(Cc2ccccc2)(Cc2ccccc2)C1=O)Nc1ccc2c(c1)CCC2. The number of rotatable bonds is 7. The van der Waals surface area contributed by atoms with Crippen LogP contribution in [0.3, 0.4) is 0 Å². The molecule has 34 heavy (non-hydrogen) atoms. The van der Waals surface area contributed by atoms with Crippen LogP contribution in [0.5, 0.6) is 0 Å². The number of aryl methyl sites for hydroxylation is 2. The van der Waals surface area contributed by atoms with E-state index in [0.717, 1.165) is 35.3 Å². The number of anilines is 1. The molecule has 1 saturated heterocycles. The lowest BCUT2D eigenvalue weighted by molar-refractivity contribution is -0.133. The molecule has 172 valence electrons. The van der Waals surface area contributed by atoms with Gasteiger partial charge in [0.1, 0.15) is 12.1 Å². The Morgan fingerprint density at radius 1 is 0.853 bits per heavy atom. The van der Waals surface area contributed by atoms with Crippen LogP contribution in [0.25, 0.3) is 0 Å². The number of imide groups is 1. The number of fused-ring (bicyclic) bond motifs is 1. The Balaban J connectivity index is 1.35. The molecule has 0 spiro atoms. The highest BCUT2D eigenvalue weighted by Crippen LogP contribution is 2.28. The summed E-state index contributed by atoms with van der Waals surface area (Å²) in [6, 6.07) is 24.6. The van der Waals surface area contributed by atoms with Gasteiger partial charge >= 0.3 is 6.03 Å². The highest BCUT2D eigenvalue weighted by molar-refractivity contribution is 6.10. The lowest BCUT2D eigenvalue weighted by atomic mass is 9.84. The Morgan fingerprint density at radius 3 is 2.12 bits per heavy atom. The smallest absolute Gasteiger partial charge is 0.325 e. The maximum Gasteiger partial charge on any atom is 0.325 e. The van der Waals surface area contributed by atoms with Crippen molar-refractivity contribution >= 4 is 23.5 Å². The van der Waals surface area contributed by atoms with Gasteiger partial charge in [0, 0.05) is 18.5 Å². The molecule has 0 atom stereocenters. The van der Waals surface area contributed by atoms with Crippen molar-refractivity contribution in [2.45, 2.75) is 37.6 Å². The van der Waals surface area contributed by atoms with E-state index in [1.807, 2.05) is 78.9 Å². The molecule has 0 unspecified atom stereocenters. The number of amides is 4. The predicted octanol–water partition coefficient (Wildman–Crippen LogP) is 3.89. The standard InChI is InChI=1S/C28H27N3O3/c32-25(29-24-15-14-22-12-7-13-23(22)16-24)19-31-26(33)28(30-27(31)34,17-20-8-3-1-4-9-20)18-21-10-5-2-6-11-21/h1-6,8-11,14-16H,7,12-13,17-19H2,(H,29,32)(H,30,34). The second-order valence-corrected chi connectivity index (χ2v) is 9.11. The first-order valence-corrected chi connectivity index (χ1v) is 11.7. The van der Waals surface area contributed by atoms with Gasteiger partial charge in [-0.15, -0.1) is 0 Å². The number of carbonyl (C=O) groups excluding carboxylic acids is 3. The minimum atomic E-state index is -1.15. The van der Waals surface area contributed by atoms with Gasteiger partial charge in [-0.25, -0.2) is 4.79 Å². The Kier molecular flexibility index (Phi) is 5.88. The van der Waals surface area contributed by atoms with Crippen molar-refractivity contribution in [3.63, 3.8) is 0 Å². The van der Waals surface area contributed by atoms with Crippen LogP contribution in [0.1, 0.15) is 28.7 Å².